The van der Waals surface area contributed by atoms with Crippen LogP contribution in [0.5, 0.6) is 11.5 Å². The summed E-state index contributed by atoms with van der Waals surface area (Å²) < 4.78 is 1.96. The van der Waals surface area contributed by atoms with Gasteiger partial charge >= 0.3 is 0 Å². The van der Waals surface area contributed by atoms with Gasteiger partial charge in [-0.25, -0.2) is 4.98 Å². The van der Waals surface area contributed by atoms with E-state index in [0.29, 0.717) is 6.54 Å². The summed E-state index contributed by atoms with van der Waals surface area (Å²) in [6.45, 7) is 0.545. The van der Waals surface area contributed by atoms with Crippen molar-refractivity contribution in [3.8, 4) is 22.9 Å². The number of rotatable bonds is 3. The third-order valence-electron chi connectivity index (χ3n) is 3.17. The summed E-state index contributed by atoms with van der Waals surface area (Å²) >= 11 is 0. The topological polar surface area (TPSA) is 58.3 Å². The lowest BCUT2D eigenvalue weighted by Gasteiger charge is -2.09. The van der Waals surface area contributed by atoms with Gasteiger partial charge in [-0.2, -0.15) is 0 Å². The van der Waals surface area contributed by atoms with Crippen molar-refractivity contribution in [2.75, 3.05) is 0 Å². The monoisotopic (exact) mass is 266 g/mol. The van der Waals surface area contributed by atoms with Crippen molar-refractivity contribution in [1.82, 2.24) is 9.55 Å². The minimum atomic E-state index is 0.229. The van der Waals surface area contributed by atoms with Crippen LogP contribution in [-0.4, -0.2) is 19.8 Å². The summed E-state index contributed by atoms with van der Waals surface area (Å²) in [4.78, 5) is 4.34. The smallest absolute Gasteiger partial charge is 0.140 e. The lowest BCUT2D eigenvalue weighted by molar-refractivity contribution is 0.466. The van der Waals surface area contributed by atoms with E-state index in [9.17, 15) is 10.2 Å². The summed E-state index contributed by atoms with van der Waals surface area (Å²) in [7, 11) is 0. The first-order valence-corrected chi connectivity index (χ1v) is 6.31. The van der Waals surface area contributed by atoms with Gasteiger partial charge in [-0.3, -0.25) is 0 Å². The zero-order chi connectivity index (χ0) is 13.9. The summed E-state index contributed by atoms with van der Waals surface area (Å²) in [5.74, 6) is 1.30. The van der Waals surface area contributed by atoms with E-state index in [4.69, 9.17) is 0 Å². The van der Waals surface area contributed by atoms with E-state index in [-0.39, 0.29) is 11.5 Å². The number of para-hydroxylation sites is 1. The number of phenols is 2. The fourth-order valence-corrected chi connectivity index (χ4v) is 2.14. The van der Waals surface area contributed by atoms with E-state index in [0.717, 1.165) is 17.0 Å². The van der Waals surface area contributed by atoms with Gasteiger partial charge in [0.05, 0.1) is 6.54 Å². The van der Waals surface area contributed by atoms with Crippen LogP contribution in [0.3, 0.4) is 0 Å². The molecule has 4 heteroatoms. The Morgan fingerprint density at radius 1 is 0.950 bits per heavy atom. The van der Waals surface area contributed by atoms with Crippen molar-refractivity contribution in [3.05, 3.63) is 66.5 Å². The molecule has 1 heterocycles. The Bertz CT molecular complexity index is 717. The standard InChI is InChI=1S/C16H14N2O2/c19-14-7-5-12(6-8-14)16-17-9-10-18(16)11-13-3-1-2-4-15(13)20/h1-10,19-20H,11H2. The molecular formula is C16H14N2O2. The molecule has 100 valence electrons. The highest BCUT2D eigenvalue weighted by atomic mass is 16.3. The average molecular weight is 266 g/mol. The van der Waals surface area contributed by atoms with Gasteiger partial charge in [0.1, 0.15) is 17.3 Å². The van der Waals surface area contributed by atoms with Crippen molar-refractivity contribution < 1.29 is 10.2 Å². The molecule has 0 aliphatic heterocycles. The van der Waals surface area contributed by atoms with Gasteiger partial charge in [-0.05, 0) is 30.3 Å². The maximum absolute atomic E-state index is 9.84. The van der Waals surface area contributed by atoms with Crippen molar-refractivity contribution >= 4 is 0 Å². The largest absolute Gasteiger partial charge is 0.508 e. The van der Waals surface area contributed by atoms with Crippen molar-refractivity contribution in [2.45, 2.75) is 6.54 Å². The van der Waals surface area contributed by atoms with Crippen LogP contribution in [0.1, 0.15) is 5.56 Å². The molecule has 4 nitrogen and oxygen atoms in total. The van der Waals surface area contributed by atoms with Gasteiger partial charge in [-0.15, -0.1) is 0 Å². The summed E-state index contributed by atoms with van der Waals surface area (Å²) in [5, 5.41) is 19.2. The first-order chi connectivity index (χ1) is 9.74. The van der Waals surface area contributed by atoms with Crippen molar-refractivity contribution in [1.29, 1.82) is 0 Å². The molecule has 0 spiro atoms. The Labute approximate surface area is 116 Å². The second-order valence-corrected chi connectivity index (χ2v) is 4.55. The van der Waals surface area contributed by atoms with Crippen molar-refractivity contribution in [3.63, 3.8) is 0 Å². The van der Waals surface area contributed by atoms with Gasteiger partial charge < -0.3 is 14.8 Å². The van der Waals surface area contributed by atoms with Crippen LogP contribution < -0.4 is 0 Å². The Balaban J connectivity index is 1.95. The molecule has 3 rings (SSSR count). The van der Waals surface area contributed by atoms with Crippen LogP contribution in [-0.2, 0) is 6.54 Å². The number of aromatic hydroxyl groups is 2. The predicted octanol–water partition coefficient (Wildman–Crippen LogP) is 3.01. The molecule has 2 aromatic carbocycles. The second kappa shape index (κ2) is 5.09. The van der Waals surface area contributed by atoms with Gasteiger partial charge in [0.2, 0.25) is 0 Å². The molecule has 0 aliphatic carbocycles. The molecule has 2 N–H and O–H groups in total. The Morgan fingerprint density at radius 2 is 1.70 bits per heavy atom. The van der Waals surface area contributed by atoms with E-state index in [1.54, 1.807) is 30.5 Å². The molecule has 0 fully saturated rings. The third-order valence-corrected chi connectivity index (χ3v) is 3.17. The fourth-order valence-electron chi connectivity index (χ4n) is 2.14. The molecule has 3 aromatic rings. The SMILES string of the molecule is Oc1ccc(-c2nccn2Cc2ccccc2O)cc1. The first-order valence-electron chi connectivity index (χ1n) is 6.31. The average Bonchev–Trinajstić information content (AvgIpc) is 2.90. The quantitative estimate of drug-likeness (QED) is 0.766. The van der Waals surface area contributed by atoms with Gasteiger partial charge in [0.25, 0.3) is 0 Å². The highest BCUT2D eigenvalue weighted by Gasteiger charge is 2.08. The molecule has 0 amide bonds. The van der Waals surface area contributed by atoms with E-state index in [1.807, 2.05) is 35.0 Å². The molecule has 0 saturated carbocycles. The summed E-state index contributed by atoms with van der Waals surface area (Å²) in [6, 6.07) is 14.2. The van der Waals surface area contributed by atoms with E-state index < -0.39 is 0 Å². The normalized spacial score (nSPS) is 10.6. The first kappa shape index (κ1) is 12.3. The molecule has 20 heavy (non-hydrogen) atoms. The number of nitrogens with zero attached hydrogens (tertiary/aromatic N) is 2. The maximum Gasteiger partial charge on any atom is 0.140 e. The molecule has 0 radical (unpaired) electrons. The lowest BCUT2D eigenvalue weighted by atomic mass is 10.1. The third kappa shape index (κ3) is 2.36. The minimum Gasteiger partial charge on any atom is -0.508 e. The molecule has 1 aromatic heterocycles. The summed E-state index contributed by atoms with van der Waals surface area (Å²) in [5.41, 5.74) is 1.76. The molecular weight excluding hydrogens is 252 g/mol. The number of benzene rings is 2. The number of hydrogen-bond acceptors (Lipinski definition) is 3. The van der Waals surface area contributed by atoms with Gasteiger partial charge in [0, 0.05) is 23.5 Å². The van der Waals surface area contributed by atoms with Crippen LogP contribution in [0.15, 0.2) is 60.9 Å². The Hall–Kier alpha value is -2.75. The van der Waals surface area contributed by atoms with Gasteiger partial charge in [-0.1, -0.05) is 18.2 Å². The highest BCUT2D eigenvalue weighted by molar-refractivity contribution is 5.57. The Kier molecular flexibility index (Phi) is 3.13. The fraction of sp³-hybridized carbons (Fsp3) is 0.0625. The maximum atomic E-state index is 9.84. The zero-order valence-corrected chi connectivity index (χ0v) is 10.8. The van der Waals surface area contributed by atoms with Crippen LogP contribution >= 0.6 is 0 Å². The second-order valence-electron chi connectivity index (χ2n) is 4.55. The van der Waals surface area contributed by atoms with Crippen LogP contribution in [0.25, 0.3) is 11.4 Å². The molecule has 0 unspecified atom stereocenters. The zero-order valence-electron chi connectivity index (χ0n) is 10.8. The number of imidazole rings is 1. The van der Waals surface area contributed by atoms with Gasteiger partial charge in [0.15, 0.2) is 0 Å². The number of aromatic nitrogens is 2. The predicted molar refractivity (Wildman–Crippen MR) is 76.5 cm³/mol. The van der Waals surface area contributed by atoms with E-state index >= 15 is 0 Å². The molecule has 0 saturated heterocycles. The summed E-state index contributed by atoms with van der Waals surface area (Å²) in [6.07, 6.45) is 3.59. The van der Waals surface area contributed by atoms with Crippen LogP contribution in [0.2, 0.25) is 0 Å². The van der Waals surface area contributed by atoms with Crippen molar-refractivity contribution in [2.24, 2.45) is 0 Å². The van der Waals surface area contributed by atoms with E-state index in [2.05, 4.69) is 4.98 Å². The molecule has 0 bridgehead atoms. The number of phenolic OH excluding ortho intramolecular Hbond substituents is 2. The minimum absolute atomic E-state index is 0.229. The highest BCUT2D eigenvalue weighted by Crippen LogP contribution is 2.23. The number of hydrogen-bond donors (Lipinski definition) is 2. The Morgan fingerprint density at radius 3 is 2.45 bits per heavy atom. The molecule has 0 atom stereocenters. The molecule has 0 aliphatic rings. The lowest BCUT2D eigenvalue weighted by Crippen LogP contribution is -2.01. The van der Waals surface area contributed by atoms with Crippen LogP contribution in [0.4, 0.5) is 0 Å². The van der Waals surface area contributed by atoms with E-state index in [1.165, 1.54) is 0 Å². The van der Waals surface area contributed by atoms with Crippen LogP contribution in [0, 0.1) is 0 Å².